The zero-order valence-corrected chi connectivity index (χ0v) is 12.3. The van der Waals surface area contributed by atoms with E-state index in [0.717, 1.165) is 22.3 Å². The van der Waals surface area contributed by atoms with Crippen molar-refractivity contribution < 1.29 is 9.18 Å². The molecular weight excluding hydrogens is 275 g/mol. The number of rotatable bonds is 4. The van der Waals surface area contributed by atoms with Crippen molar-refractivity contribution in [1.82, 2.24) is 0 Å². The summed E-state index contributed by atoms with van der Waals surface area (Å²) in [6.45, 7) is 3.93. The molecule has 0 unspecified atom stereocenters. The van der Waals surface area contributed by atoms with Crippen LogP contribution in [0, 0.1) is 19.7 Å². The Bertz CT molecular complexity index is 629. The summed E-state index contributed by atoms with van der Waals surface area (Å²) < 4.78 is 13.2. The van der Waals surface area contributed by atoms with Crippen LogP contribution in [-0.2, 0) is 6.42 Å². The lowest BCUT2D eigenvalue weighted by molar-refractivity contribution is 0.0982. The van der Waals surface area contributed by atoms with Crippen LogP contribution in [0.3, 0.4) is 0 Å². The second-order valence-corrected chi connectivity index (χ2v) is 5.38. The van der Waals surface area contributed by atoms with Crippen LogP contribution < -0.4 is 0 Å². The summed E-state index contributed by atoms with van der Waals surface area (Å²) in [5.74, 6) is -0.293. The minimum Gasteiger partial charge on any atom is -0.294 e. The van der Waals surface area contributed by atoms with Gasteiger partial charge in [0.05, 0.1) is 0 Å². The molecule has 20 heavy (non-hydrogen) atoms. The molecule has 104 valence electrons. The SMILES string of the molecule is Cc1cccc(C(=O)CCc2cc(F)cc(Cl)c2)c1C. The maximum Gasteiger partial charge on any atom is 0.163 e. The summed E-state index contributed by atoms with van der Waals surface area (Å²) in [4.78, 5) is 12.2. The average molecular weight is 291 g/mol. The molecule has 0 saturated heterocycles. The Morgan fingerprint density at radius 2 is 1.95 bits per heavy atom. The molecule has 1 nitrogen and oxygen atoms in total. The standard InChI is InChI=1S/C17H16ClFO/c1-11-4-3-5-16(12(11)2)17(20)7-6-13-8-14(18)10-15(19)9-13/h3-5,8-10H,6-7H2,1-2H3. The fourth-order valence-electron chi connectivity index (χ4n) is 2.20. The molecule has 0 bridgehead atoms. The van der Waals surface area contributed by atoms with Crippen LogP contribution in [0.1, 0.15) is 33.5 Å². The molecule has 0 aromatic heterocycles. The van der Waals surface area contributed by atoms with Gasteiger partial charge in [0.15, 0.2) is 5.78 Å². The van der Waals surface area contributed by atoms with Gasteiger partial charge in [-0.3, -0.25) is 4.79 Å². The third-order valence-corrected chi connectivity index (χ3v) is 3.69. The highest BCUT2D eigenvalue weighted by Crippen LogP contribution is 2.18. The van der Waals surface area contributed by atoms with E-state index >= 15 is 0 Å². The van der Waals surface area contributed by atoms with Crippen molar-refractivity contribution >= 4 is 17.4 Å². The normalized spacial score (nSPS) is 10.6. The summed E-state index contributed by atoms with van der Waals surface area (Å²) >= 11 is 5.80. The lowest BCUT2D eigenvalue weighted by Gasteiger charge is -2.08. The van der Waals surface area contributed by atoms with Crippen LogP contribution in [0.4, 0.5) is 4.39 Å². The van der Waals surface area contributed by atoms with E-state index in [2.05, 4.69) is 0 Å². The van der Waals surface area contributed by atoms with Crippen molar-refractivity contribution in [2.75, 3.05) is 0 Å². The largest absolute Gasteiger partial charge is 0.294 e. The molecule has 0 atom stereocenters. The van der Waals surface area contributed by atoms with Gasteiger partial charge in [-0.05, 0) is 55.2 Å². The van der Waals surface area contributed by atoms with Gasteiger partial charge < -0.3 is 0 Å². The maximum atomic E-state index is 13.2. The number of halogens is 2. The molecule has 0 amide bonds. The minimum atomic E-state index is -0.369. The van der Waals surface area contributed by atoms with Crippen molar-refractivity contribution in [3.63, 3.8) is 0 Å². The topological polar surface area (TPSA) is 17.1 Å². The molecular formula is C17H16ClFO. The summed E-state index contributed by atoms with van der Waals surface area (Å²) in [6, 6.07) is 10.1. The van der Waals surface area contributed by atoms with Crippen molar-refractivity contribution in [3.05, 3.63) is 69.5 Å². The number of aryl methyl sites for hydroxylation is 2. The van der Waals surface area contributed by atoms with Gasteiger partial charge in [0, 0.05) is 17.0 Å². The molecule has 2 aromatic rings. The number of benzene rings is 2. The quantitative estimate of drug-likeness (QED) is 0.731. The predicted molar refractivity (Wildman–Crippen MR) is 80.0 cm³/mol. The number of hydrogen-bond donors (Lipinski definition) is 0. The van der Waals surface area contributed by atoms with Gasteiger partial charge in [-0.25, -0.2) is 4.39 Å². The Kier molecular flexibility index (Phi) is 4.56. The van der Waals surface area contributed by atoms with Crippen molar-refractivity contribution in [2.24, 2.45) is 0 Å². The Morgan fingerprint density at radius 3 is 2.65 bits per heavy atom. The van der Waals surface area contributed by atoms with E-state index < -0.39 is 0 Å². The van der Waals surface area contributed by atoms with Crippen LogP contribution in [0.2, 0.25) is 5.02 Å². The van der Waals surface area contributed by atoms with Gasteiger partial charge >= 0.3 is 0 Å². The molecule has 0 aliphatic carbocycles. The molecule has 0 aliphatic heterocycles. The van der Waals surface area contributed by atoms with Crippen LogP contribution in [-0.4, -0.2) is 5.78 Å². The molecule has 0 saturated carbocycles. The van der Waals surface area contributed by atoms with Gasteiger partial charge in [0.25, 0.3) is 0 Å². The highest BCUT2D eigenvalue weighted by atomic mass is 35.5. The van der Waals surface area contributed by atoms with Gasteiger partial charge in [0.2, 0.25) is 0 Å². The third-order valence-electron chi connectivity index (χ3n) is 3.47. The second-order valence-electron chi connectivity index (χ2n) is 4.95. The smallest absolute Gasteiger partial charge is 0.163 e. The van der Waals surface area contributed by atoms with Crippen LogP contribution >= 0.6 is 11.6 Å². The molecule has 0 fully saturated rings. The number of carbonyl (C=O) groups is 1. The van der Waals surface area contributed by atoms with E-state index in [0.29, 0.717) is 17.9 Å². The zero-order chi connectivity index (χ0) is 14.7. The Labute approximate surface area is 123 Å². The summed E-state index contributed by atoms with van der Waals surface area (Å²) in [5.41, 5.74) is 3.60. The van der Waals surface area contributed by atoms with Crippen LogP contribution in [0.25, 0.3) is 0 Å². The molecule has 0 N–H and O–H groups in total. The van der Waals surface area contributed by atoms with Gasteiger partial charge in [-0.2, -0.15) is 0 Å². The summed E-state index contributed by atoms with van der Waals surface area (Å²) in [5, 5.41) is 0.360. The lowest BCUT2D eigenvalue weighted by Crippen LogP contribution is -2.04. The van der Waals surface area contributed by atoms with Gasteiger partial charge in [-0.15, -0.1) is 0 Å². The number of Topliss-reactive ketones (excluding diaryl/α,β-unsaturated/α-hetero) is 1. The van der Waals surface area contributed by atoms with E-state index in [4.69, 9.17) is 11.6 Å². The average Bonchev–Trinajstić information content (AvgIpc) is 2.38. The molecule has 2 rings (SSSR count). The maximum absolute atomic E-state index is 13.2. The van der Waals surface area contributed by atoms with Gasteiger partial charge in [0.1, 0.15) is 5.82 Å². The fraction of sp³-hybridized carbons (Fsp3) is 0.235. The van der Waals surface area contributed by atoms with Crippen LogP contribution in [0.5, 0.6) is 0 Å². The van der Waals surface area contributed by atoms with Crippen LogP contribution in [0.15, 0.2) is 36.4 Å². The van der Waals surface area contributed by atoms with E-state index in [-0.39, 0.29) is 11.6 Å². The fourth-order valence-corrected chi connectivity index (χ4v) is 2.45. The first-order valence-electron chi connectivity index (χ1n) is 6.52. The first-order chi connectivity index (χ1) is 9.47. The monoisotopic (exact) mass is 290 g/mol. The Hall–Kier alpha value is -1.67. The number of hydrogen-bond acceptors (Lipinski definition) is 1. The first-order valence-corrected chi connectivity index (χ1v) is 6.89. The second kappa shape index (κ2) is 6.19. The van der Waals surface area contributed by atoms with E-state index in [1.165, 1.54) is 12.1 Å². The Balaban J connectivity index is 2.10. The minimum absolute atomic E-state index is 0.0755. The Morgan fingerprint density at radius 1 is 1.20 bits per heavy atom. The highest BCUT2D eigenvalue weighted by molar-refractivity contribution is 6.30. The molecule has 0 aliphatic rings. The van der Waals surface area contributed by atoms with E-state index in [9.17, 15) is 9.18 Å². The summed E-state index contributed by atoms with van der Waals surface area (Å²) in [7, 11) is 0. The van der Waals surface area contributed by atoms with Crippen molar-refractivity contribution in [2.45, 2.75) is 26.7 Å². The first kappa shape index (κ1) is 14.7. The highest BCUT2D eigenvalue weighted by Gasteiger charge is 2.10. The molecule has 2 aromatic carbocycles. The van der Waals surface area contributed by atoms with E-state index in [1.807, 2.05) is 32.0 Å². The van der Waals surface area contributed by atoms with E-state index in [1.54, 1.807) is 6.07 Å². The molecule has 0 radical (unpaired) electrons. The third kappa shape index (κ3) is 3.45. The molecule has 0 heterocycles. The van der Waals surface area contributed by atoms with Crippen molar-refractivity contribution in [1.29, 1.82) is 0 Å². The summed E-state index contributed by atoms with van der Waals surface area (Å²) in [6.07, 6.45) is 0.841. The van der Waals surface area contributed by atoms with Gasteiger partial charge in [-0.1, -0.05) is 29.8 Å². The lowest BCUT2D eigenvalue weighted by atomic mass is 9.96. The zero-order valence-electron chi connectivity index (χ0n) is 11.5. The number of ketones is 1. The molecule has 0 spiro atoms. The molecule has 3 heteroatoms. The number of carbonyl (C=O) groups excluding carboxylic acids is 1. The van der Waals surface area contributed by atoms with Crippen molar-refractivity contribution in [3.8, 4) is 0 Å². The predicted octanol–water partition coefficient (Wildman–Crippen LogP) is 4.91.